The molecule has 2 amide bonds. The fourth-order valence-corrected chi connectivity index (χ4v) is 2.43. The highest BCUT2D eigenvalue weighted by atomic mass is 16.6. The Morgan fingerprint density at radius 1 is 1.00 bits per heavy atom. The van der Waals surface area contributed by atoms with Crippen LogP contribution < -0.4 is 5.73 Å². The van der Waals surface area contributed by atoms with E-state index >= 15 is 0 Å². The first-order chi connectivity index (χ1) is 10.6. The van der Waals surface area contributed by atoms with E-state index in [0.717, 1.165) is 0 Å². The van der Waals surface area contributed by atoms with Crippen LogP contribution in [-0.2, 0) is 15.1 Å². The van der Waals surface area contributed by atoms with Gasteiger partial charge in [0.2, 0.25) is 5.60 Å². The number of primary amides is 1. The van der Waals surface area contributed by atoms with Gasteiger partial charge in [-0.3, -0.25) is 0 Å². The molecule has 0 atom stereocenters. The molecule has 1 heterocycles. The third kappa shape index (κ3) is 2.20. The summed E-state index contributed by atoms with van der Waals surface area (Å²) >= 11 is 0. The molecule has 0 unspecified atom stereocenters. The molecule has 0 fully saturated rings. The number of aliphatic imine (C=N–C) groups is 1. The molecule has 0 radical (unpaired) electrons. The Kier molecular flexibility index (Phi) is 3.34. The van der Waals surface area contributed by atoms with E-state index in [9.17, 15) is 9.59 Å². The van der Waals surface area contributed by atoms with E-state index in [0.29, 0.717) is 11.1 Å². The molecule has 0 aliphatic carbocycles. The van der Waals surface area contributed by atoms with Crippen LogP contribution in [0.1, 0.15) is 11.1 Å². The Bertz CT molecular complexity index is 702. The van der Waals surface area contributed by atoms with Crippen molar-refractivity contribution in [3.63, 3.8) is 0 Å². The Hall–Kier alpha value is -3.15. The monoisotopic (exact) mass is 296 g/mol. The van der Waals surface area contributed by atoms with E-state index < -0.39 is 17.8 Å². The molecular weight excluding hydrogens is 284 g/mol. The first-order valence-electron chi connectivity index (χ1n) is 6.53. The molecule has 22 heavy (non-hydrogen) atoms. The zero-order valence-electron chi connectivity index (χ0n) is 11.4. The van der Waals surface area contributed by atoms with Crippen LogP contribution in [0, 0.1) is 0 Å². The minimum atomic E-state index is -1.42. The maximum Gasteiger partial charge on any atom is 0.438 e. The fraction of sp³-hybridized carbons (Fsp3) is 0.0625. The number of nitrogens with two attached hydrogens (primary N) is 1. The van der Waals surface area contributed by atoms with E-state index in [4.69, 9.17) is 15.2 Å². The second-order valence-corrected chi connectivity index (χ2v) is 4.62. The third-order valence-electron chi connectivity index (χ3n) is 3.29. The van der Waals surface area contributed by atoms with Gasteiger partial charge < -0.3 is 15.2 Å². The van der Waals surface area contributed by atoms with Gasteiger partial charge in [-0.1, -0.05) is 60.7 Å². The molecule has 3 rings (SSSR count). The lowest BCUT2D eigenvalue weighted by atomic mass is 9.86. The molecule has 0 spiro atoms. The van der Waals surface area contributed by atoms with E-state index in [2.05, 4.69) is 4.99 Å². The summed E-state index contributed by atoms with van der Waals surface area (Å²) in [6.45, 7) is 0. The number of hydrogen-bond donors (Lipinski definition) is 1. The molecule has 0 saturated heterocycles. The number of ether oxygens (including phenoxy) is 2. The third-order valence-corrected chi connectivity index (χ3v) is 3.29. The highest BCUT2D eigenvalue weighted by molar-refractivity contribution is 6.06. The van der Waals surface area contributed by atoms with Crippen LogP contribution in [0.2, 0.25) is 0 Å². The maximum absolute atomic E-state index is 11.8. The predicted molar refractivity (Wildman–Crippen MR) is 78.2 cm³/mol. The topological polar surface area (TPSA) is 91.0 Å². The molecular formula is C16H12N2O4. The van der Waals surface area contributed by atoms with Gasteiger partial charge in [-0.2, -0.15) is 0 Å². The fourth-order valence-electron chi connectivity index (χ4n) is 2.43. The summed E-state index contributed by atoms with van der Waals surface area (Å²) in [5.74, 6) is -0.192. The molecule has 1 aliphatic rings. The quantitative estimate of drug-likeness (QED) is 0.922. The van der Waals surface area contributed by atoms with Gasteiger partial charge in [0.1, 0.15) is 0 Å². The Labute approximate surface area is 126 Å². The number of rotatable bonds is 2. The van der Waals surface area contributed by atoms with Gasteiger partial charge >= 0.3 is 12.2 Å². The molecule has 2 aromatic rings. The normalized spacial score (nSPS) is 15.8. The van der Waals surface area contributed by atoms with Crippen LogP contribution in [0.5, 0.6) is 0 Å². The summed E-state index contributed by atoms with van der Waals surface area (Å²) in [5, 5.41) is 0. The molecule has 110 valence electrons. The Morgan fingerprint density at radius 2 is 1.50 bits per heavy atom. The summed E-state index contributed by atoms with van der Waals surface area (Å²) in [7, 11) is 0. The summed E-state index contributed by atoms with van der Waals surface area (Å²) in [6.07, 6.45) is -1.91. The lowest BCUT2D eigenvalue weighted by Gasteiger charge is -2.28. The summed E-state index contributed by atoms with van der Waals surface area (Å²) in [6, 6.07) is 17.8. The average Bonchev–Trinajstić information content (AvgIpc) is 2.85. The summed E-state index contributed by atoms with van der Waals surface area (Å²) in [5.41, 5.74) is 4.87. The van der Waals surface area contributed by atoms with Crippen LogP contribution in [-0.4, -0.2) is 18.1 Å². The summed E-state index contributed by atoms with van der Waals surface area (Å²) in [4.78, 5) is 26.6. The van der Waals surface area contributed by atoms with Gasteiger partial charge in [-0.05, 0) is 0 Å². The second kappa shape index (κ2) is 5.33. The van der Waals surface area contributed by atoms with Gasteiger partial charge in [0, 0.05) is 11.1 Å². The molecule has 1 aliphatic heterocycles. The van der Waals surface area contributed by atoms with Gasteiger partial charge in [-0.25, -0.2) is 9.59 Å². The highest BCUT2D eigenvalue weighted by Crippen LogP contribution is 2.39. The van der Waals surface area contributed by atoms with E-state index in [-0.39, 0.29) is 5.90 Å². The molecule has 2 N–H and O–H groups in total. The van der Waals surface area contributed by atoms with Crippen LogP contribution in [0.25, 0.3) is 0 Å². The minimum Gasteiger partial charge on any atom is -0.421 e. The number of cyclic esters (lactones) is 1. The Balaban J connectivity index is 2.23. The van der Waals surface area contributed by atoms with Crippen molar-refractivity contribution in [2.45, 2.75) is 5.60 Å². The van der Waals surface area contributed by atoms with Crippen molar-refractivity contribution >= 4 is 18.1 Å². The van der Waals surface area contributed by atoms with Crippen molar-refractivity contribution in [1.82, 2.24) is 0 Å². The summed E-state index contributed by atoms with van der Waals surface area (Å²) < 4.78 is 10.4. The predicted octanol–water partition coefficient (Wildman–Crippen LogP) is 2.57. The second-order valence-electron chi connectivity index (χ2n) is 4.62. The van der Waals surface area contributed by atoms with Gasteiger partial charge in [-0.15, -0.1) is 4.99 Å². The zero-order chi connectivity index (χ0) is 15.6. The van der Waals surface area contributed by atoms with Crippen LogP contribution in [0.15, 0.2) is 65.7 Å². The lowest BCUT2D eigenvalue weighted by Crippen LogP contribution is -2.39. The maximum atomic E-state index is 11.8. The zero-order valence-corrected chi connectivity index (χ0v) is 11.4. The van der Waals surface area contributed by atoms with E-state index in [1.165, 1.54) is 0 Å². The smallest absolute Gasteiger partial charge is 0.421 e. The highest BCUT2D eigenvalue weighted by Gasteiger charge is 2.51. The standard InChI is InChI=1S/C16H12N2O4/c17-14(19)21-13-16(22-15(20)18-13,11-7-3-1-4-8-11)12-9-5-2-6-10-12/h1-10H,(H2,17,19). The number of carbonyl (C=O) groups is 2. The number of nitrogens with zero attached hydrogens (tertiary/aromatic N) is 1. The number of benzene rings is 2. The van der Waals surface area contributed by atoms with Crippen LogP contribution in [0.4, 0.5) is 9.59 Å². The molecule has 0 saturated carbocycles. The van der Waals surface area contributed by atoms with Crippen molar-refractivity contribution in [3.05, 3.63) is 71.8 Å². The number of hydrogen-bond acceptors (Lipinski definition) is 4. The van der Waals surface area contributed by atoms with Crippen molar-refractivity contribution in [2.75, 3.05) is 0 Å². The Morgan fingerprint density at radius 3 is 1.95 bits per heavy atom. The molecule has 6 heteroatoms. The number of amides is 2. The first kappa shape index (κ1) is 13.8. The minimum absolute atomic E-state index is 0.192. The van der Waals surface area contributed by atoms with Crippen molar-refractivity contribution in [3.8, 4) is 0 Å². The van der Waals surface area contributed by atoms with Crippen molar-refractivity contribution in [2.24, 2.45) is 10.7 Å². The molecule has 6 nitrogen and oxygen atoms in total. The van der Waals surface area contributed by atoms with Crippen LogP contribution >= 0.6 is 0 Å². The first-order valence-corrected chi connectivity index (χ1v) is 6.53. The van der Waals surface area contributed by atoms with Gasteiger partial charge in [0.25, 0.3) is 5.90 Å². The SMILES string of the molecule is NC(=O)OC1=NC(=O)OC1(c1ccccc1)c1ccccc1. The molecule has 2 aromatic carbocycles. The van der Waals surface area contributed by atoms with Crippen molar-refractivity contribution < 1.29 is 19.1 Å². The number of carbonyl (C=O) groups excluding carboxylic acids is 2. The van der Waals surface area contributed by atoms with E-state index in [1.807, 2.05) is 12.1 Å². The molecule has 0 aromatic heterocycles. The van der Waals surface area contributed by atoms with Gasteiger partial charge in [0.05, 0.1) is 0 Å². The molecule has 0 bridgehead atoms. The van der Waals surface area contributed by atoms with Crippen molar-refractivity contribution in [1.29, 1.82) is 0 Å². The van der Waals surface area contributed by atoms with Crippen LogP contribution in [0.3, 0.4) is 0 Å². The average molecular weight is 296 g/mol. The van der Waals surface area contributed by atoms with E-state index in [1.54, 1.807) is 48.5 Å². The lowest BCUT2D eigenvalue weighted by molar-refractivity contribution is 0.0954. The largest absolute Gasteiger partial charge is 0.438 e. The van der Waals surface area contributed by atoms with Gasteiger partial charge in [0.15, 0.2) is 0 Å².